The lowest BCUT2D eigenvalue weighted by Gasteiger charge is -2.06. The van der Waals surface area contributed by atoms with Crippen LogP contribution in [0, 0.1) is 23.3 Å². The van der Waals surface area contributed by atoms with E-state index < -0.39 is 34.7 Å². The summed E-state index contributed by atoms with van der Waals surface area (Å²) in [5, 5.41) is 2.26. The molecule has 2 N–H and O–H groups in total. The molecule has 2 aromatic carbocycles. The molecule has 1 heterocycles. The number of carbonyl (C=O) groups is 1. The zero-order valence-electron chi connectivity index (χ0n) is 11.5. The number of nitrogens with one attached hydrogen (secondary N) is 2. The van der Waals surface area contributed by atoms with Crippen molar-refractivity contribution in [2.24, 2.45) is 0 Å². The van der Waals surface area contributed by atoms with Gasteiger partial charge in [0.2, 0.25) is 0 Å². The molecule has 118 valence electrons. The van der Waals surface area contributed by atoms with E-state index in [0.717, 1.165) is 5.52 Å². The van der Waals surface area contributed by atoms with E-state index in [4.69, 9.17) is 0 Å². The van der Waals surface area contributed by atoms with E-state index in [-0.39, 0.29) is 6.54 Å². The Balaban J connectivity index is 1.79. The minimum atomic E-state index is -2.03. The Morgan fingerprint density at radius 1 is 1.09 bits per heavy atom. The first-order valence-electron chi connectivity index (χ1n) is 6.52. The Morgan fingerprint density at radius 2 is 1.83 bits per heavy atom. The van der Waals surface area contributed by atoms with Gasteiger partial charge in [-0.15, -0.1) is 0 Å². The normalized spacial score (nSPS) is 11.0. The van der Waals surface area contributed by atoms with Crippen molar-refractivity contribution in [2.45, 2.75) is 6.54 Å². The Bertz CT molecular complexity index is 874. The molecular weight excluding hydrogens is 314 g/mol. The van der Waals surface area contributed by atoms with Gasteiger partial charge in [-0.1, -0.05) is 12.1 Å². The minimum Gasteiger partial charge on any atom is -0.345 e. The van der Waals surface area contributed by atoms with Crippen LogP contribution in [0.25, 0.3) is 11.0 Å². The monoisotopic (exact) mass is 323 g/mol. The summed E-state index contributed by atoms with van der Waals surface area (Å²) in [5.74, 6) is -8.08. The molecule has 3 rings (SSSR count). The van der Waals surface area contributed by atoms with Crippen molar-refractivity contribution in [3.8, 4) is 0 Å². The van der Waals surface area contributed by atoms with Crippen molar-refractivity contribution < 1.29 is 22.4 Å². The average Bonchev–Trinajstić information content (AvgIpc) is 2.97. The van der Waals surface area contributed by atoms with Gasteiger partial charge < -0.3 is 10.3 Å². The molecule has 0 spiro atoms. The summed E-state index contributed by atoms with van der Waals surface area (Å²) in [5.41, 5.74) is 0.487. The van der Waals surface area contributed by atoms with Crippen molar-refractivity contribution in [3.63, 3.8) is 0 Å². The number of aromatic nitrogens is 2. The van der Waals surface area contributed by atoms with Crippen LogP contribution in [0.4, 0.5) is 17.6 Å². The quantitative estimate of drug-likeness (QED) is 0.442. The Hall–Kier alpha value is -2.90. The highest BCUT2D eigenvalue weighted by atomic mass is 19.2. The first-order valence-corrected chi connectivity index (χ1v) is 6.52. The molecule has 1 aromatic heterocycles. The maximum atomic E-state index is 13.5. The first-order chi connectivity index (χ1) is 11.0. The summed E-state index contributed by atoms with van der Waals surface area (Å²) < 4.78 is 52.6. The van der Waals surface area contributed by atoms with E-state index in [1.54, 1.807) is 24.3 Å². The number of benzene rings is 2. The lowest BCUT2D eigenvalue weighted by Crippen LogP contribution is -2.25. The molecule has 23 heavy (non-hydrogen) atoms. The fraction of sp³-hybridized carbons (Fsp3) is 0.0667. The smallest absolute Gasteiger partial charge is 0.254 e. The minimum absolute atomic E-state index is 0.117. The molecule has 0 radical (unpaired) electrons. The maximum absolute atomic E-state index is 13.5. The second kappa shape index (κ2) is 5.71. The molecule has 0 saturated heterocycles. The zero-order chi connectivity index (χ0) is 16.6. The number of aromatic amines is 1. The number of para-hydroxylation sites is 2. The van der Waals surface area contributed by atoms with E-state index in [0.29, 0.717) is 17.4 Å². The molecule has 0 unspecified atom stereocenters. The Morgan fingerprint density at radius 3 is 2.57 bits per heavy atom. The van der Waals surface area contributed by atoms with Gasteiger partial charge in [-0.2, -0.15) is 0 Å². The predicted octanol–water partition coefficient (Wildman–Crippen LogP) is 3.05. The lowest BCUT2D eigenvalue weighted by molar-refractivity contribution is 0.0944. The second-order valence-electron chi connectivity index (χ2n) is 4.73. The molecule has 0 atom stereocenters. The van der Waals surface area contributed by atoms with Crippen LogP contribution in [0.15, 0.2) is 30.3 Å². The maximum Gasteiger partial charge on any atom is 0.254 e. The van der Waals surface area contributed by atoms with Crippen LogP contribution in [0.3, 0.4) is 0 Å². The molecule has 0 aliphatic carbocycles. The number of rotatable bonds is 3. The lowest BCUT2D eigenvalue weighted by atomic mass is 10.1. The molecule has 0 bridgehead atoms. The van der Waals surface area contributed by atoms with Gasteiger partial charge in [0.1, 0.15) is 5.82 Å². The third kappa shape index (κ3) is 2.75. The van der Waals surface area contributed by atoms with Gasteiger partial charge in [0.05, 0.1) is 23.1 Å². The van der Waals surface area contributed by atoms with Gasteiger partial charge in [-0.05, 0) is 18.2 Å². The van der Waals surface area contributed by atoms with Crippen LogP contribution in [-0.2, 0) is 6.54 Å². The number of halogens is 4. The number of hydrogen-bond donors (Lipinski definition) is 2. The number of imidazole rings is 1. The summed E-state index contributed by atoms with van der Waals surface area (Å²) in [7, 11) is 0. The van der Waals surface area contributed by atoms with Crippen molar-refractivity contribution in [1.29, 1.82) is 0 Å². The predicted molar refractivity (Wildman–Crippen MR) is 73.5 cm³/mol. The van der Waals surface area contributed by atoms with Crippen LogP contribution in [0.5, 0.6) is 0 Å². The third-order valence-electron chi connectivity index (χ3n) is 3.20. The van der Waals surface area contributed by atoms with Crippen molar-refractivity contribution in [2.75, 3.05) is 0 Å². The van der Waals surface area contributed by atoms with Crippen molar-refractivity contribution in [3.05, 3.63) is 65.0 Å². The summed E-state index contributed by atoms with van der Waals surface area (Å²) >= 11 is 0. The summed E-state index contributed by atoms with van der Waals surface area (Å²) in [4.78, 5) is 18.9. The average molecular weight is 323 g/mol. The molecule has 0 aliphatic rings. The second-order valence-corrected chi connectivity index (χ2v) is 4.73. The summed E-state index contributed by atoms with van der Waals surface area (Å²) in [6, 6.07) is 7.41. The fourth-order valence-corrected chi connectivity index (χ4v) is 2.09. The van der Waals surface area contributed by atoms with E-state index in [9.17, 15) is 22.4 Å². The number of amides is 1. The van der Waals surface area contributed by atoms with Gasteiger partial charge >= 0.3 is 0 Å². The van der Waals surface area contributed by atoms with Gasteiger partial charge in [0.25, 0.3) is 5.91 Å². The number of H-pyrrole nitrogens is 1. The van der Waals surface area contributed by atoms with Crippen LogP contribution in [0.1, 0.15) is 16.2 Å². The van der Waals surface area contributed by atoms with Crippen LogP contribution in [0.2, 0.25) is 0 Å². The highest BCUT2D eigenvalue weighted by Crippen LogP contribution is 2.18. The molecule has 0 saturated carbocycles. The first kappa shape index (κ1) is 15.0. The number of carbonyl (C=O) groups excluding carboxylic acids is 1. The summed E-state index contributed by atoms with van der Waals surface area (Å²) in [6.45, 7) is -0.117. The number of nitrogens with zero attached hydrogens (tertiary/aromatic N) is 1. The topological polar surface area (TPSA) is 57.8 Å². The molecule has 0 fully saturated rings. The van der Waals surface area contributed by atoms with Crippen LogP contribution in [-0.4, -0.2) is 15.9 Å². The molecule has 3 aromatic rings. The van der Waals surface area contributed by atoms with E-state index in [1.807, 2.05) is 0 Å². The largest absolute Gasteiger partial charge is 0.345 e. The van der Waals surface area contributed by atoms with Gasteiger partial charge in [-0.3, -0.25) is 4.79 Å². The van der Waals surface area contributed by atoms with E-state index >= 15 is 0 Å². The number of fused-ring (bicyclic) bond motifs is 1. The molecule has 0 aliphatic heterocycles. The molecule has 4 nitrogen and oxygen atoms in total. The fourth-order valence-electron chi connectivity index (χ4n) is 2.09. The SMILES string of the molecule is O=C(NCc1nc2ccccc2[nH]1)c1cc(F)c(F)c(F)c1F. The number of hydrogen-bond acceptors (Lipinski definition) is 2. The zero-order valence-corrected chi connectivity index (χ0v) is 11.5. The highest BCUT2D eigenvalue weighted by molar-refractivity contribution is 5.94. The molecule has 8 heteroatoms. The highest BCUT2D eigenvalue weighted by Gasteiger charge is 2.23. The third-order valence-corrected chi connectivity index (χ3v) is 3.20. The van der Waals surface area contributed by atoms with E-state index in [2.05, 4.69) is 15.3 Å². The van der Waals surface area contributed by atoms with Crippen molar-refractivity contribution >= 4 is 16.9 Å². The van der Waals surface area contributed by atoms with Crippen LogP contribution >= 0.6 is 0 Å². The van der Waals surface area contributed by atoms with Crippen molar-refractivity contribution in [1.82, 2.24) is 15.3 Å². The van der Waals surface area contributed by atoms with Gasteiger partial charge in [0, 0.05) is 0 Å². The Labute approximate surface area is 127 Å². The standard InChI is InChI=1S/C15H9F4N3O/c16-8-5-7(12(17)14(19)13(8)18)15(23)20-6-11-21-9-3-1-2-4-10(9)22-11/h1-5H,6H2,(H,20,23)(H,21,22). The Kier molecular flexibility index (Phi) is 3.73. The van der Waals surface area contributed by atoms with Gasteiger partial charge in [0.15, 0.2) is 23.3 Å². The van der Waals surface area contributed by atoms with E-state index in [1.165, 1.54) is 0 Å². The molecule has 1 amide bonds. The van der Waals surface area contributed by atoms with Crippen LogP contribution < -0.4 is 5.32 Å². The van der Waals surface area contributed by atoms with Gasteiger partial charge in [-0.25, -0.2) is 22.5 Å². The molecular formula is C15H9F4N3O. The summed E-state index contributed by atoms with van der Waals surface area (Å²) in [6.07, 6.45) is 0.